The van der Waals surface area contributed by atoms with Crippen molar-refractivity contribution in [3.05, 3.63) is 22.4 Å². The molecule has 0 saturated heterocycles. The van der Waals surface area contributed by atoms with Crippen molar-refractivity contribution >= 4 is 23.2 Å². The molecule has 5 heteroatoms. The fourth-order valence-corrected chi connectivity index (χ4v) is 3.57. The van der Waals surface area contributed by atoms with Crippen LogP contribution in [0.4, 0.5) is 0 Å². The molecule has 1 saturated carbocycles. The summed E-state index contributed by atoms with van der Waals surface area (Å²) in [5.41, 5.74) is -0.441. The number of amides is 1. The van der Waals surface area contributed by atoms with E-state index in [0.29, 0.717) is 0 Å². The van der Waals surface area contributed by atoms with E-state index in [0.717, 1.165) is 11.3 Å². The third-order valence-electron chi connectivity index (χ3n) is 3.99. The van der Waals surface area contributed by atoms with Crippen LogP contribution in [-0.4, -0.2) is 17.0 Å². The molecular formula is C14H19NO3S. The summed E-state index contributed by atoms with van der Waals surface area (Å²) in [6, 6.07) is 3.93. The minimum atomic E-state index is -0.880. The van der Waals surface area contributed by atoms with Gasteiger partial charge in [0.1, 0.15) is 0 Å². The van der Waals surface area contributed by atoms with E-state index in [1.807, 2.05) is 38.3 Å². The van der Waals surface area contributed by atoms with Crippen LogP contribution >= 0.6 is 11.3 Å². The van der Waals surface area contributed by atoms with Gasteiger partial charge in [0, 0.05) is 4.88 Å². The predicted octanol–water partition coefficient (Wildman–Crippen LogP) is 2.67. The molecule has 2 rings (SSSR count). The first-order valence-corrected chi connectivity index (χ1v) is 7.34. The molecule has 0 bridgehead atoms. The number of carboxylic acid groups (broad SMARTS) is 1. The molecule has 1 amide bonds. The number of aliphatic carboxylic acids is 1. The van der Waals surface area contributed by atoms with E-state index in [1.165, 1.54) is 0 Å². The first-order chi connectivity index (χ1) is 8.89. The molecule has 1 heterocycles. The van der Waals surface area contributed by atoms with Crippen LogP contribution in [0, 0.1) is 17.3 Å². The third kappa shape index (κ3) is 2.52. The number of carbonyl (C=O) groups excluding carboxylic acids is 1. The summed E-state index contributed by atoms with van der Waals surface area (Å²) >= 11 is 1.61. The summed E-state index contributed by atoms with van der Waals surface area (Å²) in [4.78, 5) is 24.4. The van der Waals surface area contributed by atoms with E-state index in [9.17, 15) is 9.59 Å². The number of carbonyl (C=O) groups is 2. The number of hydrogen-bond donors (Lipinski definition) is 2. The van der Waals surface area contributed by atoms with Gasteiger partial charge in [0.15, 0.2) is 0 Å². The second-order valence-electron chi connectivity index (χ2n) is 5.60. The molecule has 3 unspecified atom stereocenters. The molecule has 3 atom stereocenters. The largest absolute Gasteiger partial charge is 0.481 e. The van der Waals surface area contributed by atoms with E-state index in [2.05, 4.69) is 5.32 Å². The van der Waals surface area contributed by atoms with Crippen LogP contribution in [0.5, 0.6) is 0 Å². The summed E-state index contributed by atoms with van der Waals surface area (Å²) in [5, 5.41) is 14.1. The van der Waals surface area contributed by atoms with Gasteiger partial charge in [0.25, 0.3) is 0 Å². The molecule has 0 aliphatic heterocycles. The average molecular weight is 281 g/mol. The zero-order valence-electron chi connectivity index (χ0n) is 11.3. The number of carboxylic acids is 1. The Kier molecular flexibility index (Phi) is 3.67. The second kappa shape index (κ2) is 4.96. The maximum atomic E-state index is 12.2. The van der Waals surface area contributed by atoms with Gasteiger partial charge in [0.2, 0.25) is 5.91 Å². The van der Waals surface area contributed by atoms with Crippen LogP contribution in [0.3, 0.4) is 0 Å². The highest BCUT2D eigenvalue weighted by atomic mass is 32.1. The first-order valence-electron chi connectivity index (χ1n) is 6.46. The molecular weight excluding hydrogens is 262 g/mol. The summed E-state index contributed by atoms with van der Waals surface area (Å²) in [6.45, 7) is 5.68. The molecule has 1 aliphatic rings. The fourth-order valence-electron chi connectivity index (χ4n) is 2.71. The molecule has 1 fully saturated rings. The molecule has 4 nitrogen and oxygen atoms in total. The van der Waals surface area contributed by atoms with Crippen LogP contribution < -0.4 is 5.32 Å². The maximum Gasteiger partial charge on any atom is 0.307 e. The van der Waals surface area contributed by atoms with Gasteiger partial charge >= 0.3 is 5.97 Å². The number of rotatable bonds is 5. The Balaban J connectivity index is 2.04. The topological polar surface area (TPSA) is 66.4 Å². The maximum absolute atomic E-state index is 12.2. The van der Waals surface area contributed by atoms with Gasteiger partial charge < -0.3 is 10.4 Å². The van der Waals surface area contributed by atoms with Crippen molar-refractivity contribution in [2.75, 3.05) is 0 Å². The minimum absolute atomic E-state index is 0.0154. The standard InChI is InChI=1S/C14H19NO3S/c1-4-8(9-6-5-7-19-9)15-12(16)10-11(13(17)18)14(10,2)3/h5-8,10-11H,4H2,1-3H3,(H,15,16)(H,17,18). The molecule has 0 radical (unpaired) electrons. The Hall–Kier alpha value is -1.36. The lowest BCUT2D eigenvalue weighted by Gasteiger charge is -2.16. The fraction of sp³-hybridized carbons (Fsp3) is 0.571. The lowest BCUT2D eigenvalue weighted by Crippen LogP contribution is -2.30. The normalized spacial score (nSPS) is 25.6. The lowest BCUT2D eigenvalue weighted by molar-refractivity contribution is -0.140. The van der Waals surface area contributed by atoms with E-state index in [-0.39, 0.29) is 11.9 Å². The van der Waals surface area contributed by atoms with Gasteiger partial charge in [-0.25, -0.2) is 0 Å². The SMILES string of the molecule is CCC(NC(=O)C1C(C(=O)O)C1(C)C)c1cccs1. The van der Waals surface area contributed by atoms with E-state index >= 15 is 0 Å². The zero-order chi connectivity index (χ0) is 14.2. The Morgan fingerprint density at radius 2 is 2.16 bits per heavy atom. The van der Waals surface area contributed by atoms with Crippen molar-refractivity contribution in [2.24, 2.45) is 17.3 Å². The molecule has 0 aromatic carbocycles. The van der Waals surface area contributed by atoms with Gasteiger partial charge in [-0.05, 0) is 23.3 Å². The van der Waals surface area contributed by atoms with Crippen LogP contribution in [0.15, 0.2) is 17.5 Å². The summed E-state index contributed by atoms with van der Waals surface area (Å²) in [7, 11) is 0. The molecule has 2 N–H and O–H groups in total. The van der Waals surface area contributed by atoms with Gasteiger partial charge in [-0.15, -0.1) is 11.3 Å². The van der Waals surface area contributed by atoms with Crippen molar-refractivity contribution in [3.8, 4) is 0 Å². The van der Waals surface area contributed by atoms with Crippen molar-refractivity contribution in [2.45, 2.75) is 33.2 Å². The minimum Gasteiger partial charge on any atom is -0.481 e. The second-order valence-corrected chi connectivity index (χ2v) is 6.58. The highest BCUT2D eigenvalue weighted by Crippen LogP contribution is 2.58. The summed E-state index contributed by atoms with van der Waals surface area (Å²) < 4.78 is 0. The van der Waals surface area contributed by atoms with Crippen molar-refractivity contribution in [1.29, 1.82) is 0 Å². The summed E-state index contributed by atoms with van der Waals surface area (Å²) in [5.74, 6) is -2.00. The van der Waals surface area contributed by atoms with Gasteiger partial charge in [-0.1, -0.05) is 26.8 Å². The third-order valence-corrected chi connectivity index (χ3v) is 4.97. The smallest absolute Gasteiger partial charge is 0.307 e. The van der Waals surface area contributed by atoms with Gasteiger partial charge in [0.05, 0.1) is 17.9 Å². The molecule has 1 aliphatic carbocycles. The summed E-state index contributed by atoms with van der Waals surface area (Å²) in [6.07, 6.45) is 0.803. The first kappa shape index (κ1) is 14.1. The van der Waals surface area contributed by atoms with E-state index in [1.54, 1.807) is 11.3 Å². The highest BCUT2D eigenvalue weighted by molar-refractivity contribution is 7.10. The number of thiophene rings is 1. The Morgan fingerprint density at radius 1 is 1.47 bits per heavy atom. The van der Waals surface area contributed by atoms with Crippen molar-refractivity contribution in [1.82, 2.24) is 5.32 Å². The van der Waals surface area contributed by atoms with Crippen LogP contribution in [0.25, 0.3) is 0 Å². The Morgan fingerprint density at radius 3 is 2.58 bits per heavy atom. The van der Waals surface area contributed by atoms with Crippen molar-refractivity contribution < 1.29 is 14.7 Å². The molecule has 1 aromatic heterocycles. The Labute approximate surface area is 116 Å². The number of hydrogen-bond acceptors (Lipinski definition) is 3. The zero-order valence-corrected chi connectivity index (χ0v) is 12.2. The quantitative estimate of drug-likeness (QED) is 0.872. The van der Waals surface area contributed by atoms with Gasteiger partial charge in [-0.3, -0.25) is 9.59 Å². The monoisotopic (exact) mass is 281 g/mol. The molecule has 19 heavy (non-hydrogen) atoms. The molecule has 0 spiro atoms. The number of nitrogens with one attached hydrogen (secondary N) is 1. The van der Waals surface area contributed by atoms with Crippen LogP contribution in [0.1, 0.15) is 38.1 Å². The molecule has 104 valence electrons. The van der Waals surface area contributed by atoms with Crippen LogP contribution in [0.2, 0.25) is 0 Å². The van der Waals surface area contributed by atoms with E-state index in [4.69, 9.17) is 5.11 Å². The predicted molar refractivity (Wildman–Crippen MR) is 73.9 cm³/mol. The van der Waals surface area contributed by atoms with Gasteiger partial charge in [-0.2, -0.15) is 0 Å². The Bertz CT molecular complexity index is 481. The molecule has 1 aromatic rings. The highest BCUT2D eigenvalue weighted by Gasteiger charge is 2.65. The van der Waals surface area contributed by atoms with Crippen molar-refractivity contribution in [3.63, 3.8) is 0 Å². The van der Waals surface area contributed by atoms with Crippen LogP contribution in [-0.2, 0) is 9.59 Å². The average Bonchev–Trinajstić information content (AvgIpc) is 2.74. The van der Waals surface area contributed by atoms with E-state index < -0.39 is 23.2 Å². The lowest BCUT2D eigenvalue weighted by atomic mass is 10.1.